The van der Waals surface area contributed by atoms with Gasteiger partial charge >= 0.3 is 7.12 Å². The third-order valence-electron chi connectivity index (χ3n) is 3.05. The summed E-state index contributed by atoms with van der Waals surface area (Å²) < 4.78 is 0. The zero-order valence-electron chi connectivity index (χ0n) is 12.0. The van der Waals surface area contributed by atoms with Crippen LogP contribution in [0.5, 0.6) is 0 Å². The van der Waals surface area contributed by atoms with Crippen LogP contribution in [0.15, 0.2) is 30.3 Å². The Balaban J connectivity index is 2.55. The molecule has 2 atom stereocenters. The van der Waals surface area contributed by atoms with Gasteiger partial charge in [0.1, 0.15) is 0 Å². The number of nitrogens with one attached hydrogen (secondary N) is 1. The van der Waals surface area contributed by atoms with Crippen LogP contribution in [-0.2, 0) is 11.2 Å². The fourth-order valence-corrected chi connectivity index (χ4v) is 2.01. The largest absolute Gasteiger partial charge is 0.475 e. The Hall–Kier alpha value is -1.37. The average Bonchev–Trinajstić information content (AvgIpc) is 2.38. The molecule has 20 heavy (non-hydrogen) atoms. The zero-order chi connectivity index (χ0) is 15.1. The van der Waals surface area contributed by atoms with Crippen LogP contribution in [0.4, 0.5) is 0 Å². The van der Waals surface area contributed by atoms with Gasteiger partial charge in [-0.1, -0.05) is 44.2 Å². The lowest BCUT2D eigenvalue weighted by atomic mass is 9.75. The maximum absolute atomic E-state index is 12.0. The average molecular weight is 278 g/mol. The van der Waals surface area contributed by atoms with Crippen molar-refractivity contribution in [3.63, 3.8) is 0 Å². The fraction of sp³-hybridized carbons (Fsp3) is 0.500. The van der Waals surface area contributed by atoms with Gasteiger partial charge in [-0.3, -0.25) is 4.79 Å². The number of hydrogen-bond donors (Lipinski definition) is 4. The topological polar surface area (TPSA) is 95.6 Å². The van der Waals surface area contributed by atoms with Gasteiger partial charge in [0.25, 0.3) is 0 Å². The van der Waals surface area contributed by atoms with Gasteiger partial charge in [-0.25, -0.2) is 0 Å². The molecule has 1 aromatic carbocycles. The van der Waals surface area contributed by atoms with E-state index >= 15 is 0 Å². The molecule has 0 saturated heterocycles. The third-order valence-corrected chi connectivity index (χ3v) is 3.05. The summed E-state index contributed by atoms with van der Waals surface area (Å²) in [6.07, 6.45) is 0.907. The second kappa shape index (κ2) is 8.04. The minimum atomic E-state index is -1.58. The lowest BCUT2D eigenvalue weighted by Gasteiger charge is -2.21. The molecule has 0 saturated carbocycles. The minimum Gasteiger partial charge on any atom is -0.426 e. The van der Waals surface area contributed by atoms with E-state index in [0.717, 1.165) is 5.56 Å². The number of carbonyl (C=O) groups excluding carboxylic acids is 1. The van der Waals surface area contributed by atoms with E-state index in [0.29, 0.717) is 12.8 Å². The third kappa shape index (κ3) is 5.73. The van der Waals surface area contributed by atoms with Crippen molar-refractivity contribution in [1.29, 1.82) is 0 Å². The van der Waals surface area contributed by atoms with Crippen LogP contribution in [-0.4, -0.2) is 35.1 Å². The van der Waals surface area contributed by atoms with E-state index in [-0.39, 0.29) is 11.8 Å². The normalized spacial score (nSPS) is 13.9. The molecule has 0 spiro atoms. The lowest BCUT2D eigenvalue weighted by molar-refractivity contribution is -0.122. The molecule has 2 unspecified atom stereocenters. The molecule has 1 amide bonds. The van der Waals surface area contributed by atoms with Gasteiger partial charge < -0.3 is 21.1 Å². The number of hydrogen-bond acceptors (Lipinski definition) is 4. The molecule has 0 aliphatic carbocycles. The van der Waals surface area contributed by atoms with Crippen LogP contribution in [0.1, 0.15) is 25.8 Å². The number of amides is 1. The quantitative estimate of drug-likeness (QED) is 0.532. The SMILES string of the molecule is CC(C)CC(NC(=O)C(N)Cc1ccccc1)B(O)O. The molecule has 110 valence electrons. The van der Waals surface area contributed by atoms with Crippen LogP contribution in [0.2, 0.25) is 0 Å². The highest BCUT2D eigenvalue weighted by atomic mass is 16.4. The lowest BCUT2D eigenvalue weighted by Crippen LogP contribution is -2.52. The van der Waals surface area contributed by atoms with Crippen LogP contribution >= 0.6 is 0 Å². The van der Waals surface area contributed by atoms with E-state index in [2.05, 4.69) is 5.32 Å². The van der Waals surface area contributed by atoms with Crippen LogP contribution in [0, 0.1) is 5.92 Å². The molecule has 0 heterocycles. The van der Waals surface area contributed by atoms with Crippen molar-refractivity contribution in [2.75, 3.05) is 0 Å². The summed E-state index contributed by atoms with van der Waals surface area (Å²) in [6, 6.07) is 8.78. The van der Waals surface area contributed by atoms with Crippen LogP contribution < -0.4 is 11.1 Å². The van der Waals surface area contributed by atoms with Gasteiger partial charge in [0.15, 0.2) is 0 Å². The maximum Gasteiger partial charge on any atom is 0.475 e. The van der Waals surface area contributed by atoms with Crippen molar-refractivity contribution >= 4 is 13.0 Å². The standard InChI is InChI=1S/C14H23BN2O3/c1-10(2)8-13(15(19)20)17-14(18)12(16)9-11-6-4-3-5-7-11/h3-7,10,12-13,19-20H,8-9,16H2,1-2H3,(H,17,18). The Bertz CT molecular complexity index is 412. The molecule has 0 aliphatic rings. The van der Waals surface area contributed by atoms with Crippen molar-refractivity contribution in [3.8, 4) is 0 Å². The fourth-order valence-electron chi connectivity index (χ4n) is 2.01. The Labute approximate surface area is 120 Å². The molecular formula is C14H23BN2O3. The van der Waals surface area contributed by atoms with Crippen LogP contribution in [0.3, 0.4) is 0 Å². The zero-order valence-corrected chi connectivity index (χ0v) is 12.0. The van der Waals surface area contributed by atoms with E-state index in [1.165, 1.54) is 0 Å². The molecule has 6 heteroatoms. The van der Waals surface area contributed by atoms with Crippen molar-refractivity contribution in [2.24, 2.45) is 11.7 Å². The number of carbonyl (C=O) groups is 1. The predicted molar refractivity (Wildman–Crippen MR) is 79.7 cm³/mol. The number of nitrogens with two attached hydrogens (primary N) is 1. The van der Waals surface area contributed by atoms with Crippen LogP contribution in [0.25, 0.3) is 0 Å². The molecule has 0 radical (unpaired) electrons. The van der Waals surface area contributed by atoms with Crippen molar-refractivity contribution in [2.45, 2.75) is 38.7 Å². The van der Waals surface area contributed by atoms with Gasteiger partial charge in [0.05, 0.1) is 12.0 Å². The van der Waals surface area contributed by atoms with Crippen molar-refractivity contribution in [3.05, 3.63) is 35.9 Å². The molecule has 1 rings (SSSR count). The summed E-state index contributed by atoms with van der Waals surface area (Å²) in [4.78, 5) is 12.0. The second-order valence-corrected chi connectivity index (χ2v) is 5.45. The summed E-state index contributed by atoms with van der Waals surface area (Å²) in [6.45, 7) is 3.90. The first-order valence-electron chi connectivity index (χ1n) is 6.86. The molecule has 5 N–H and O–H groups in total. The van der Waals surface area contributed by atoms with E-state index in [4.69, 9.17) is 5.73 Å². The van der Waals surface area contributed by atoms with Gasteiger partial charge in [-0.2, -0.15) is 0 Å². The first kappa shape index (κ1) is 16.7. The first-order valence-corrected chi connectivity index (χ1v) is 6.86. The monoisotopic (exact) mass is 278 g/mol. The Kier molecular flexibility index (Phi) is 6.71. The summed E-state index contributed by atoms with van der Waals surface area (Å²) >= 11 is 0. The predicted octanol–water partition coefficient (Wildman–Crippen LogP) is 0.0993. The van der Waals surface area contributed by atoms with Gasteiger partial charge in [-0.05, 0) is 24.3 Å². The molecule has 5 nitrogen and oxygen atoms in total. The van der Waals surface area contributed by atoms with E-state index < -0.39 is 19.1 Å². The smallest absolute Gasteiger partial charge is 0.426 e. The summed E-state index contributed by atoms with van der Waals surface area (Å²) in [5.74, 6) is -0.815. The summed E-state index contributed by atoms with van der Waals surface area (Å²) in [5, 5.41) is 21.2. The highest BCUT2D eigenvalue weighted by Gasteiger charge is 2.27. The van der Waals surface area contributed by atoms with Gasteiger partial charge in [0.2, 0.25) is 5.91 Å². The number of rotatable bonds is 7. The summed E-state index contributed by atoms with van der Waals surface area (Å²) in [5.41, 5.74) is 6.83. The Morgan fingerprint density at radius 1 is 1.30 bits per heavy atom. The Morgan fingerprint density at radius 2 is 1.90 bits per heavy atom. The molecule has 0 aromatic heterocycles. The summed E-state index contributed by atoms with van der Waals surface area (Å²) in [7, 11) is -1.58. The Morgan fingerprint density at radius 3 is 2.40 bits per heavy atom. The maximum atomic E-state index is 12.0. The highest BCUT2D eigenvalue weighted by Crippen LogP contribution is 2.07. The van der Waals surface area contributed by atoms with Gasteiger partial charge in [-0.15, -0.1) is 0 Å². The van der Waals surface area contributed by atoms with Crippen molar-refractivity contribution < 1.29 is 14.8 Å². The molecule has 0 fully saturated rings. The molecular weight excluding hydrogens is 255 g/mol. The first-order chi connectivity index (χ1) is 9.40. The van der Waals surface area contributed by atoms with E-state index in [9.17, 15) is 14.8 Å². The van der Waals surface area contributed by atoms with E-state index in [1.54, 1.807) is 0 Å². The van der Waals surface area contributed by atoms with Gasteiger partial charge in [0, 0.05) is 0 Å². The molecule has 1 aromatic rings. The van der Waals surface area contributed by atoms with Crippen molar-refractivity contribution in [1.82, 2.24) is 5.32 Å². The molecule has 0 bridgehead atoms. The number of benzene rings is 1. The highest BCUT2D eigenvalue weighted by molar-refractivity contribution is 6.43. The molecule has 0 aliphatic heterocycles. The minimum absolute atomic E-state index is 0.243. The second-order valence-electron chi connectivity index (χ2n) is 5.45. The van der Waals surface area contributed by atoms with E-state index in [1.807, 2.05) is 44.2 Å².